The van der Waals surface area contributed by atoms with Crippen LogP contribution in [-0.4, -0.2) is 14.2 Å². The van der Waals surface area contributed by atoms with E-state index in [1.165, 1.54) is 7.11 Å². The predicted molar refractivity (Wildman–Crippen MR) is 106 cm³/mol. The van der Waals surface area contributed by atoms with Crippen LogP contribution >= 0.6 is 15.9 Å². The molecule has 0 aliphatic heterocycles. The van der Waals surface area contributed by atoms with E-state index in [-0.39, 0.29) is 17.2 Å². The van der Waals surface area contributed by atoms with E-state index in [9.17, 15) is 15.8 Å². The van der Waals surface area contributed by atoms with Gasteiger partial charge >= 0.3 is 0 Å². The molecule has 0 saturated carbocycles. The quantitative estimate of drug-likeness (QED) is 0.759. The Bertz CT molecular complexity index is 993. The number of hydrogen-bond acceptors (Lipinski definition) is 6. The first-order valence-corrected chi connectivity index (χ1v) is 9.63. The van der Waals surface area contributed by atoms with Crippen molar-refractivity contribution < 1.29 is 9.47 Å². The molecule has 2 aliphatic rings. The van der Waals surface area contributed by atoms with Gasteiger partial charge in [-0.1, -0.05) is 6.08 Å². The molecule has 0 fully saturated rings. The van der Waals surface area contributed by atoms with Crippen LogP contribution < -0.4 is 15.2 Å². The van der Waals surface area contributed by atoms with Crippen LogP contribution in [0.2, 0.25) is 0 Å². The Morgan fingerprint density at radius 2 is 1.82 bits per heavy atom. The zero-order valence-corrected chi connectivity index (χ0v) is 17.2. The third kappa shape index (κ3) is 2.73. The third-order valence-corrected chi connectivity index (χ3v) is 6.26. The Balaban J connectivity index is 2.38. The average molecular weight is 439 g/mol. The zero-order chi connectivity index (χ0) is 20.5. The Morgan fingerprint density at radius 1 is 1.14 bits per heavy atom. The van der Waals surface area contributed by atoms with Crippen LogP contribution in [0, 0.1) is 45.3 Å². The highest BCUT2D eigenvalue weighted by Gasteiger charge is 2.54. The lowest BCUT2D eigenvalue weighted by atomic mass is 9.56. The molecule has 28 heavy (non-hydrogen) atoms. The first-order chi connectivity index (χ1) is 13.5. The van der Waals surface area contributed by atoms with Crippen LogP contribution in [0.15, 0.2) is 39.5 Å². The van der Waals surface area contributed by atoms with Crippen molar-refractivity contribution >= 4 is 15.9 Å². The van der Waals surface area contributed by atoms with Crippen LogP contribution in [0.25, 0.3) is 0 Å². The zero-order valence-electron chi connectivity index (χ0n) is 15.6. The summed E-state index contributed by atoms with van der Waals surface area (Å²) < 4.78 is 11.6. The number of hydrogen-bond donors (Lipinski definition) is 1. The van der Waals surface area contributed by atoms with E-state index in [4.69, 9.17) is 15.2 Å². The van der Waals surface area contributed by atoms with Crippen LogP contribution in [0.5, 0.6) is 11.5 Å². The molecule has 1 aromatic rings. The van der Waals surface area contributed by atoms with Crippen molar-refractivity contribution in [2.75, 3.05) is 14.2 Å². The average Bonchev–Trinajstić information content (AvgIpc) is 2.73. The molecule has 0 heterocycles. The highest BCUT2D eigenvalue weighted by Crippen LogP contribution is 2.57. The molecule has 0 spiro atoms. The van der Waals surface area contributed by atoms with Crippen LogP contribution in [-0.2, 0) is 0 Å². The van der Waals surface area contributed by atoms with Gasteiger partial charge in [-0.2, -0.15) is 15.8 Å². The number of fused-ring (bicyclic) bond motifs is 1. The summed E-state index contributed by atoms with van der Waals surface area (Å²) in [6.07, 6.45) is 4.52. The van der Waals surface area contributed by atoms with Gasteiger partial charge in [0.15, 0.2) is 5.41 Å². The molecule has 2 aliphatic carbocycles. The summed E-state index contributed by atoms with van der Waals surface area (Å²) in [6, 6.07) is 9.95. The van der Waals surface area contributed by atoms with Gasteiger partial charge in [0.05, 0.1) is 42.1 Å². The molecule has 0 saturated heterocycles. The molecular formula is C21H19BrN4O2. The minimum atomic E-state index is -1.66. The normalized spacial score (nSPS) is 22.8. The summed E-state index contributed by atoms with van der Waals surface area (Å²) in [5.74, 6) is 0.349. The van der Waals surface area contributed by atoms with Crippen molar-refractivity contribution in [3.8, 4) is 29.7 Å². The van der Waals surface area contributed by atoms with E-state index in [0.29, 0.717) is 21.5 Å². The van der Waals surface area contributed by atoms with Gasteiger partial charge in [-0.25, -0.2) is 0 Å². The summed E-state index contributed by atoms with van der Waals surface area (Å²) in [5, 5.41) is 29.9. The molecule has 1 aromatic carbocycles. The molecule has 2 N–H and O–H groups in total. The summed E-state index contributed by atoms with van der Waals surface area (Å²) >= 11 is 3.49. The fraction of sp³-hybridized carbons (Fsp3) is 0.381. The summed E-state index contributed by atoms with van der Waals surface area (Å²) in [7, 11) is 3.09. The molecule has 2 atom stereocenters. The van der Waals surface area contributed by atoms with Gasteiger partial charge in [-0.15, -0.1) is 0 Å². The number of halogens is 1. The summed E-state index contributed by atoms with van der Waals surface area (Å²) in [4.78, 5) is 0. The smallest absolute Gasteiger partial charge is 0.191 e. The van der Waals surface area contributed by atoms with E-state index in [2.05, 4.69) is 34.1 Å². The van der Waals surface area contributed by atoms with Gasteiger partial charge in [-0.3, -0.25) is 0 Å². The van der Waals surface area contributed by atoms with Crippen molar-refractivity contribution in [1.82, 2.24) is 0 Å². The monoisotopic (exact) mass is 438 g/mol. The number of rotatable bonds is 3. The highest BCUT2D eigenvalue weighted by atomic mass is 79.9. The van der Waals surface area contributed by atoms with Gasteiger partial charge in [0, 0.05) is 17.5 Å². The van der Waals surface area contributed by atoms with Gasteiger partial charge in [0.25, 0.3) is 0 Å². The number of ether oxygens (including phenoxy) is 2. The molecule has 0 aromatic heterocycles. The first kappa shape index (κ1) is 19.8. The molecule has 0 bridgehead atoms. The van der Waals surface area contributed by atoms with Crippen molar-refractivity contribution in [2.24, 2.45) is 17.1 Å². The van der Waals surface area contributed by atoms with Crippen molar-refractivity contribution in [3.63, 3.8) is 0 Å². The molecule has 3 rings (SSSR count). The number of nitriles is 3. The van der Waals surface area contributed by atoms with E-state index in [1.807, 2.05) is 12.1 Å². The fourth-order valence-corrected chi connectivity index (χ4v) is 4.87. The minimum absolute atomic E-state index is 0.0170. The Kier molecular flexibility index (Phi) is 5.36. The van der Waals surface area contributed by atoms with E-state index >= 15 is 0 Å². The van der Waals surface area contributed by atoms with E-state index < -0.39 is 11.3 Å². The number of benzene rings is 1. The van der Waals surface area contributed by atoms with Gasteiger partial charge < -0.3 is 15.2 Å². The standard InChI is InChI=1S/C21H19BrN4O2/c1-27-17-8-18(28-2)16(22)7-14(17)19-13-6-4-3-5-12(13)15(9-23)20(26)21(19,10-24)11-25/h5,7-8,13,19H,3-4,6,26H2,1-2H3/t13-,19-/m0/s1. The first-order valence-electron chi connectivity index (χ1n) is 8.83. The fourth-order valence-electron chi connectivity index (χ4n) is 4.34. The Labute approximate surface area is 172 Å². The van der Waals surface area contributed by atoms with Crippen LogP contribution in [0.1, 0.15) is 30.7 Å². The largest absolute Gasteiger partial charge is 0.496 e. The highest BCUT2D eigenvalue weighted by molar-refractivity contribution is 9.10. The topological polar surface area (TPSA) is 116 Å². The van der Waals surface area contributed by atoms with Crippen molar-refractivity contribution in [3.05, 3.63) is 45.1 Å². The second kappa shape index (κ2) is 7.58. The number of methoxy groups -OCH3 is 2. The van der Waals surface area contributed by atoms with E-state index in [1.54, 1.807) is 13.2 Å². The van der Waals surface area contributed by atoms with Gasteiger partial charge in [-0.05, 0) is 52.7 Å². The maximum absolute atomic E-state index is 10.1. The molecule has 0 unspecified atom stereocenters. The SMILES string of the molecule is COc1cc(OC)c([C@@H]2[C@H]3CCCC=C3C(C#N)=C(N)C2(C#N)C#N)cc1Br. The Morgan fingerprint density at radius 3 is 2.39 bits per heavy atom. The lowest BCUT2D eigenvalue weighted by Crippen LogP contribution is -2.42. The Hall–Kier alpha value is -2.95. The number of allylic oxidation sites excluding steroid dienone is 4. The summed E-state index contributed by atoms with van der Waals surface area (Å²) in [5.41, 5.74) is 6.44. The third-order valence-electron chi connectivity index (χ3n) is 5.64. The molecule has 0 amide bonds. The minimum Gasteiger partial charge on any atom is -0.496 e. The van der Waals surface area contributed by atoms with Gasteiger partial charge in [0.1, 0.15) is 17.6 Å². The van der Waals surface area contributed by atoms with Crippen molar-refractivity contribution in [2.45, 2.75) is 25.2 Å². The predicted octanol–water partition coefficient (Wildman–Crippen LogP) is 4.06. The molecule has 6 nitrogen and oxygen atoms in total. The van der Waals surface area contributed by atoms with Gasteiger partial charge in [0.2, 0.25) is 0 Å². The maximum Gasteiger partial charge on any atom is 0.191 e. The molecule has 142 valence electrons. The van der Waals surface area contributed by atoms with Crippen LogP contribution in [0.4, 0.5) is 0 Å². The lowest BCUT2D eigenvalue weighted by molar-refractivity contribution is 0.304. The second-order valence-electron chi connectivity index (χ2n) is 6.84. The number of nitrogens with zero attached hydrogens (tertiary/aromatic N) is 3. The molecule has 7 heteroatoms. The lowest BCUT2D eigenvalue weighted by Gasteiger charge is -2.43. The molecule has 0 radical (unpaired) electrons. The van der Waals surface area contributed by atoms with E-state index in [0.717, 1.165) is 24.8 Å². The second-order valence-corrected chi connectivity index (χ2v) is 7.69. The maximum atomic E-state index is 10.1. The summed E-state index contributed by atoms with van der Waals surface area (Å²) in [6.45, 7) is 0. The number of nitrogens with two attached hydrogens (primary N) is 1. The van der Waals surface area contributed by atoms with Crippen LogP contribution in [0.3, 0.4) is 0 Å². The van der Waals surface area contributed by atoms with Crippen molar-refractivity contribution in [1.29, 1.82) is 15.8 Å². The molecular weight excluding hydrogens is 420 g/mol.